The van der Waals surface area contributed by atoms with E-state index >= 15 is 0 Å². The van der Waals surface area contributed by atoms with Gasteiger partial charge in [-0.3, -0.25) is 0 Å². The molecule has 0 aliphatic heterocycles. The molecule has 76 valence electrons. The van der Waals surface area contributed by atoms with Crippen molar-refractivity contribution in [1.82, 2.24) is 0 Å². The quantitative estimate of drug-likeness (QED) is 0.672. The standard InChI is InChI=1S/C9H11N.CH2O3/c10-8-4-7-9-5-2-1-3-6-9;2-1(3)4/h1-7H,8,10H2;(H2,2,3,4). The van der Waals surface area contributed by atoms with Crippen LogP contribution in [0.3, 0.4) is 0 Å². The number of carboxylic acid groups (broad SMARTS) is 2. The van der Waals surface area contributed by atoms with Gasteiger partial charge in [-0.15, -0.1) is 0 Å². The first-order valence-corrected chi connectivity index (χ1v) is 4.00. The zero-order valence-corrected chi connectivity index (χ0v) is 7.63. The zero-order chi connectivity index (χ0) is 10.8. The molecule has 0 aromatic heterocycles. The first-order chi connectivity index (χ1) is 6.66. The Morgan fingerprint density at radius 1 is 1.29 bits per heavy atom. The van der Waals surface area contributed by atoms with Gasteiger partial charge >= 0.3 is 6.16 Å². The average molecular weight is 195 g/mol. The van der Waals surface area contributed by atoms with Crippen LogP contribution in [0.25, 0.3) is 6.08 Å². The molecule has 4 N–H and O–H groups in total. The van der Waals surface area contributed by atoms with Crippen LogP contribution in [0.1, 0.15) is 5.56 Å². The van der Waals surface area contributed by atoms with Gasteiger partial charge in [-0.05, 0) is 5.56 Å². The van der Waals surface area contributed by atoms with Gasteiger partial charge in [0, 0.05) is 6.54 Å². The summed E-state index contributed by atoms with van der Waals surface area (Å²) in [4.78, 5) is 8.56. The highest BCUT2D eigenvalue weighted by Crippen LogP contribution is 1.99. The molecule has 1 aromatic rings. The van der Waals surface area contributed by atoms with E-state index < -0.39 is 6.16 Å². The largest absolute Gasteiger partial charge is 0.503 e. The molecule has 0 bridgehead atoms. The van der Waals surface area contributed by atoms with Crippen molar-refractivity contribution in [2.45, 2.75) is 0 Å². The summed E-state index contributed by atoms with van der Waals surface area (Å²) in [7, 11) is 0. The van der Waals surface area contributed by atoms with Crippen LogP contribution in [0, 0.1) is 0 Å². The van der Waals surface area contributed by atoms with Crippen LogP contribution in [0.4, 0.5) is 4.79 Å². The fraction of sp³-hybridized carbons (Fsp3) is 0.100. The van der Waals surface area contributed by atoms with Gasteiger partial charge in [0.05, 0.1) is 0 Å². The van der Waals surface area contributed by atoms with Crippen molar-refractivity contribution < 1.29 is 15.0 Å². The number of benzene rings is 1. The van der Waals surface area contributed by atoms with Crippen molar-refractivity contribution >= 4 is 12.2 Å². The van der Waals surface area contributed by atoms with Gasteiger partial charge in [-0.1, -0.05) is 42.5 Å². The van der Waals surface area contributed by atoms with Crippen LogP contribution in [-0.4, -0.2) is 22.9 Å². The lowest BCUT2D eigenvalue weighted by molar-refractivity contribution is 0.137. The van der Waals surface area contributed by atoms with E-state index in [0.29, 0.717) is 6.54 Å². The summed E-state index contributed by atoms with van der Waals surface area (Å²) in [5, 5.41) is 13.9. The molecule has 0 amide bonds. The number of hydrogen-bond donors (Lipinski definition) is 3. The van der Waals surface area contributed by atoms with Crippen LogP contribution in [0.2, 0.25) is 0 Å². The average Bonchev–Trinajstić information content (AvgIpc) is 2.15. The van der Waals surface area contributed by atoms with Gasteiger partial charge in [0.15, 0.2) is 0 Å². The normalized spacial score (nSPS) is 9.21. The van der Waals surface area contributed by atoms with Crippen LogP contribution in [-0.2, 0) is 0 Å². The van der Waals surface area contributed by atoms with E-state index in [-0.39, 0.29) is 0 Å². The number of carbonyl (C=O) groups is 1. The van der Waals surface area contributed by atoms with Crippen LogP contribution in [0.15, 0.2) is 36.4 Å². The first-order valence-electron chi connectivity index (χ1n) is 4.00. The van der Waals surface area contributed by atoms with E-state index in [0.717, 1.165) is 0 Å². The molecular formula is C10H13NO3. The summed E-state index contributed by atoms with van der Waals surface area (Å²) in [6, 6.07) is 10.1. The van der Waals surface area contributed by atoms with Crippen molar-refractivity contribution in [2.75, 3.05) is 6.54 Å². The molecule has 0 aliphatic rings. The number of hydrogen-bond acceptors (Lipinski definition) is 2. The van der Waals surface area contributed by atoms with E-state index in [4.69, 9.17) is 20.7 Å². The van der Waals surface area contributed by atoms with E-state index in [1.54, 1.807) is 0 Å². The first kappa shape index (κ1) is 12.2. The van der Waals surface area contributed by atoms with Gasteiger partial charge in [-0.25, -0.2) is 4.79 Å². The third kappa shape index (κ3) is 8.29. The number of nitrogens with two attached hydrogens (primary N) is 1. The minimum atomic E-state index is -1.83. The van der Waals surface area contributed by atoms with Crippen molar-refractivity contribution in [1.29, 1.82) is 0 Å². The summed E-state index contributed by atoms with van der Waals surface area (Å²) in [5.74, 6) is 0. The molecule has 0 heterocycles. The topological polar surface area (TPSA) is 83.6 Å². The molecule has 0 unspecified atom stereocenters. The highest BCUT2D eigenvalue weighted by Gasteiger charge is 1.79. The Labute approximate surface area is 82.3 Å². The van der Waals surface area contributed by atoms with Gasteiger partial charge in [0.1, 0.15) is 0 Å². The predicted molar refractivity (Wildman–Crippen MR) is 55.2 cm³/mol. The van der Waals surface area contributed by atoms with Gasteiger partial charge in [0.2, 0.25) is 0 Å². The number of rotatable bonds is 2. The second kappa shape index (κ2) is 7.82. The molecule has 0 saturated heterocycles. The second-order valence-electron chi connectivity index (χ2n) is 2.33. The Morgan fingerprint density at radius 2 is 1.79 bits per heavy atom. The van der Waals surface area contributed by atoms with E-state index in [1.807, 2.05) is 42.5 Å². The fourth-order valence-electron chi connectivity index (χ4n) is 0.768. The summed E-state index contributed by atoms with van der Waals surface area (Å²) in [6.45, 7) is 0.606. The highest BCUT2D eigenvalue weighted by molar-refractivity contribution is 5.53. The molecule has 4 nitrogen and oxygen atoms in total. The molecule has 0 atom stereocenters. The molecule has 4 heteroatoms. The smallest absolute Gasteiger partial charge is 0.450 e. The minimum absolute atomic E-state index is 0.606. The van der Waals surface area contributed by atoms with Crippen LogP contribution >= 0.6 is 0 Å². The second-order valence-corrected chi connectivity index (χ2v) is 2.33. The summed E-state index contributed by atoms with van der Waals surface area (Å²) in [5.41, 5.74) is 6.49. The molecular weight excluding hydrogens is 182 g/mol. The van der Waals surface area contributed by atoms with Crippen molar-refractivity contribution in [2.24, 2.45) is 5.73 Å². The van der Waals surface area contributed by atoms with Crippen molar-refractivity contribution in [3.8, 4) is 0 Å². The molecule has 1 aromatic carbocycles. The maximum absolute atomic E-state index is 8.56. The Morgan fingerprint density at radius 3 is 2.21 bits per heavy atom. The monoisotopic (exact) mass is 195 g/mol. The van der Waals surface area contributed by atoms with Gasteiger partial charge in [-0.2, -0.15) is 0 Å². The Hall–Kier alpha value is -1.81. The molecule has 1 rings (SSSR count). The molecule has 0 spiro atoms. The molecule has 0 radical (unpaired) electrons. The van der Waals surface area contributed by atoms with E-state index in [1.165, 1.54) is 5.56 Å². The third-order valence-corrected chi connectivity index (χ3v) is 1.25. The van der Waals surface area contributed by atoms with E-state index in [2.05, 4.69) is 0 Å². The van der Waals surface area contributed by atoms with Crippen LogP contribution in [0.5, 0.6) is 0 Å². The lowest BCUT2D eigenvalue weighted by Crippen LogP contribution is -1.91. The van der Waals surface area contributed by atoms with Crippen LogP contribution < -0.4 is 5.73 Å². The van der Waals surface area contributed by atoms with Gasteiger partial charge in [0.25, 0.3) is 0 Å². The summed E-state index contributed by atoms with van der Waals surface area (Å²) >= 11 is 0. The molecule has 0 aliphatic carbocycles. The Kier molecular flexibility index (Phi) is 6.81. The third-order valence-electron chi connectivity index (χ3n) is 1.25. The van der Waals surface area contributed by atoms with Crippen molar-refractivity contribution in [3.63, 3.8) is 0 Å². The Bertz CT molecular complexity index is 279. The van der Waals surface area contributed by atoms with Gasteiger partial charge < -0.3 is 15.9 Å². The van der Waals surface area contributed by atoms with Crippen molar-refractivity contribution in [3.05, 3.63) is 42.0 Å². The maximum Gasteiger partial charge on any atom is 0.503 e. The fourth-order valence-corrected chi connectivity index (χ4v) is 0.768. The minimum Gasteiger partial charge on any atom is -0.450 e. The lowest BCUT2D eigenvalue weighted by Gasteiger charge is -1.88. The SMILES string of the molecule is NCC=Cc1ccccc1.O=C(O)O. The summed E-state index contributed by atoms with van der Waals surface area (Å²) < 4.78 is 0. The predicted octanol–water partition coefficient (Wildman–Crippen LogP) is 1.88. The lowest BCUT2D eigenvalue weighted by atomic mass is 10.2. The summed E-state index contributed by atoms with van der Waals surface area (Å²) in [6.07, 6.45) is 2.12. The van der Waals surface area contributed by atoms with E-state index in [9.17, 15) is 0 Å². The molecule has 0 fully saturated rings. The maximum atomic E-state index is 8.56. The molecule has 14 heavy (non-hydrogen) atoms. The zero-order valence-electron chi connectivity index (χ0n) is 7.63. The molecule has 0 saturated carbocycles. The highest BCUT2D eigenvalue weighted by atomic mass is 16.6. The Balaban J connectivity index is 0.000000364.